The van der Waals surface area contributed by atoms with Gasteiger partial charge in [-0.1, -0.05) is 5.16 Å². The maximum atomic E-state index is 12.3. The molecule has 0 aliphatic heterocycles. The van der Waals surface area contributed by atoms with Crippen LogP contribution in [0.4, 0.5) is 0 Å². The number of amides is 1. The second-order valence-corrected chi connectivity index (χ2v) is 3.90. The van der Waals surface area contributed by atoms with Crippen LogP contribution in [-0.2, 0) is 0 Å². The van der Waals surface area contributed by atoms with Crippen molar-refractivity contribution in [2.75, 3.05) is 13.1 Å². The Labute approximate surface area is 105 Å². The standard InChI is InChI=1S/C11H17N5O2/c1-4-16(6-10(12)15-18)11(17)9-5-7(2)13-14-8(9)3/h5,18H,4,6H2,1-3H3,(H2,12,15). The van der Waals surface area contributed by atoms with Gasteiger partial charge in [0.15, 0.2) is 5.84 Å². The number of aromatic nitrogens is 2. The van der Waals surface area contributed by atoms with Crippen molar-refractivity contribution in [1.82, 2.24) is 15.1 Å². The molecule has 7 heteroatoms. The first-order valence-corrected chi connectivity index (χ1v) is 5.56. The Morgan fingerprint density at radius 1 is 1.50 bits per heavy atom. The predicted octanol–water partition coefficient (Wildman–Crippen LogP) is 0.302. The third-order valence-corrected chi connectivity index (χ3v) is 2.48. The molecule has 1 rings (SSSR count). The van der Waals surface area contributed by atoms with Crippen LogP contribution in [0.3, 0.4) is 0 Å². The van der Waals surface area contributed by atoms with Gasteiger partial charge in [0, 0.05) is 6.54 Å². The minimum absolute atomic E-state index is 0.0124. The van der Waals surface area contributed by atoms with E-state index in [-0.39, 0.29) is 18.3 Å². The quantitative estimate of drug-likeness (QED) is 0.346. The highest BCUT2D eigenvalue weighted by atomic mass is 16.4. The third-order valence-electron chi connectivity index (χ3n) is 2.48. The molecule has 0 aromatic carbocycles. The molecule has 0 saturated heterocycles. The molecule has 1 amide bonds. The van der Waals surface area contributed by atoms with Crippen LogP contribution in [-0.4, -0.2) is 45.1 Å². The first kappa shape index (κ1) is 13.9. The lowest BCUT2D eigenvalue weighted by atomic mass is 10.1. The molecule has 0 saturated carbocycles. The Morgan fingerprint density at radius 3 is 2.72 bits per heavy atom. The van der Waals surface area contributed by atoms with Gasteiger partial charge >= 0.3 is 0 Å². The van der Waals surface area contributed by atoms with E-state index in [1.807, 2.05) is 6.92 Å². The number of rotatable bonds is 4. The summed E-state index contributed by atoms with van der Waals surface area (Å²) in [6.07, 6.45) is 0. The maximum absolute atomic E-state index is 12.3. The fourth-order valence-corrected chi connectivity index (χ4v) is 1.49. The van der Waals surface area contributed by atoms with E-state index in [0.717, 1.165) is 0 Å². The highest BCUT2D eigenvalue weighted by molar-refractivity contribution is 5.97. The summed E-state index contributed by atoms with van der Waals surface area (Å²) in [4.78, 5) is 13.7. The molecule has 18 heavy (non-hydrogen) atoms. The molecule has 3 N–H and O–H groups in total. The van der Waals surface area contributed by atoms with Gasteiger partial charge in [0.05, 0.1) is 23.5 Å². The molecule has 98 valence electrons. The van der Waals surface area contributed by atoms with E-state index >= 15 is 0 Å². The summed E-state index contributed by atoms with van der Waals surface area (Å²) in [5, 5.41) is 19.2. The number of oxime groups is 1. The van der Waals surface area contributed by atoms with Crippen molar-refractivity contribution in [2.45, 2.75) is 20.8 Å². The minimum Gasteiger partial charge on any atom is -0.409 e. The average Bonchev–Trinajstić information content (AvgIpc) is 2.37. The van der Waals surface area contributed by atoms with Gasteiger partial charge in [0.1, 0.15) is 0 Å². The lowest BCUT2D eigenvalue weighted by Gasteiger charge is -2.20. The molecule has 1 heterocycles. The van der Waals surface area contributed by atoms with E-state index in [1.165, 1.54) is 4.90 Å². The molecule has 0 unspecified atom stereocenters. The number of hydrogen-bond donors (Lipinski definition) is 2. The highest BCUT2D eigenvalue weighted by Crippen LogP contribution is 2.09. The van der Waals surface area contributed by atoms with Crippen molar-refractivity contribution < 1.29 is 10.0 Å². The van der Waals surface area contributed by atoms with Crippen LogP contribution < -0.4 is 5.73 Å². The lowest BCUT2D eigenvalue weighted by molar-refractivity contribution is 0.0784. The molecule has 0 spiro atoms. The number of carbonyl (C=O) groups is 1. The van der Waals surface area contributed by atoms with Gasteiger partial charge in [-0.15, -0.1) is 0 Å². The summed E-state index contributed by atoms with van der Waals surface area (Å²) < 4.78 is 0. The van der Waals surface area contributed by atoms with Crippen LogP contribution in [0.5, 0.6) is 0 Å². The largest absolute Gasteiger partial charge is 0.409 e. The number of hydrogen-bond acceptors (Lipinski definition) is 5. The van der Waals surface area contributed by atoms with E-state index in [9.17, 15) is 4.79 Å². The zero-order valence-electron chi connectivity index (χ0n) is 10.7. The Morgan fingerprint density at radius 2 is 2.17 bits per heavy atom. The van der Waals surface area contributed by atoms with Gasteiger partial charge in [-0.2, -0.15) is 10.2 Å². The zero-order valence-corrected chi connectivity index (χ0v) is 10.7. The van der Waals surface area contributed by atoms with Crippen LogP contribution in [0.15, 0.2) is 11.2 Å². The van der Waals surface area contributed by atoms with Crippen LogP contribution in [0.1, 0.15) is 28.7 Å². The summed E-state index contributed by atoms with van der Waals surface area (Å²) in [5.74, 6) is -0.221. The molecule has 0 aliphatic rings. The van der Waals surface area contributed by atoms with E-state index in [2.05, 4.69) is 15.4 Å². The SMILES string of the molecule is CCN(C/C(N)=N/O)C(=O)c1cc(C)nnc1C. The van der Waals surface area contributed by atoms with Crippen LogP contribution in [0.2, 0.25) is 0 Å². The molecule has 1 aromatic heterocycles. The van der Waals surface area contributed by atoms with Crippen LogP contribution in [0.25, 0.3) is 0 Å². The fourth-order valence-electron chi connectivity index (χ4n) is 1.49. The van der Waals surface area contributed by atoms with Crippen molar-refractivity contribution in [3.63, 3.8) is 0 Å². The number of carbonyl (C=O) groups excluding carboxylic acids is 1. The second kappa shape index (κ2) is 5.95. The van der Waals surface area contributed by atoms with Crippen LogP contribution in [0, 0.1) is 13.8 Å². The topological polar surface area (TPSA) is 105 Å². The van der Waals surface area contributed by atoms with Crippen LogP contribution >= 0.6 is 0 Å². The molecule has 0 aliphatic carbocycles. The Balaban J connectivity index is 3.00. The molecule has 0 fully saturated rings. The van der Waals surface area contributed by atoms with Crippen molar-refractivity contribution >= 4 is 11.7 Å². The number of amidine groups is 1. The van der Waals surface area contributed by atoms with Crippen molar-refractivity contribution in [1.29, 1.82) is 0 Å². The zero-order chi connectivity index (χ0) is 13.7. The Hall–Kier alpha value is -2.18. The smallest absolute Gasteiger partial charge is 0.256 e. The van der Waals surface area contributed by atoms with Crippen molar-refractivity contribution in [3.05, 3.63) is 23.0 Å². The van der Waals surface area contributed by atoms with Gasteiger partial charge < -0.3 is 15.8 Å². The summed E-state index contributed by atoms with van der Waals surface area (Å²) >= 11 is 0. The number of aryl methyl sites for hydroxylation is 2. The van der Waals surface area contributed by atoms with Gasteiger partial charge in [0.25, 0.3) is 5.91 Å². The third kappa shape index (κ3) is 3.16. The van der Waals surface area contributed by atoms with E-state index in [4.69, 9.17) is 10.9 Å². The number of nitrogens with zero attached hydrogens (tertiary/aromatic N) is 4. The maximum Gasteiger partial charge on any atom is 0.256 e. The van der Waals surface area contributed by atoms with E-state index < -0.39 is 0 Å². The van der Waals surface area contributed by atoms with Crippen molar-refractivity contribution in [3.8, 4) is 0 Å². The average molecular weight is 251 g/mol. The molecular formula is C11H17N5O2. The first-order chi connectivity index (χ1) is 8.49. The minimum atomic E-state index is -0.209. The monoisotopic (exact) mass is 251 g/mol. The Bertz CT molecular complexity index is 473. The molecule has 1 aromatic rings. The van der Waals surface area contributed by atoms with Gasteiger partial charge in [-0.3, -0.25) is 4.79 Å². The molecule has 0 atom stereocenters. The van der Waals surface area contributed by atoms with Gasteiger partial charge in [0.2, 0.25) is 0 Å². The normalized spacial score (nSPS) is 11.4. The fraction of sp³-hybridized carbons (Fsp3) is 0.455. The summed E-state index contributed by atoms with van der Waals surface area (Å²) in [6, 6.07) is 1.68. The summed E-state index contributed by atoms with van der Waals surface area (Å²) in [7, 11) is 0. The van der Waals surface area contributed by atoms with Gasteiger partial charge in [-0.25, -0.2) is 0 Å². The second-order valence-electron chi connectivity index (χ2n) is 3.90. The number of nitrogens with two attached hydrogens (primary N) is 1. The Kier molecular flexibility index (Phi) is 4.59. The summed E-state index contributed by atoms with van der Waals surface area (Å²) in [6.45, 7) is 5.84. The summed E-state index contributed by atoms with van der Waals surface area (Å²) in [5.41, 5.74) is 7.12. The molecule has 0 bridgehead atoms. The predicted molar refractivity (Wildman–Crippen MR) is 66.5 cm³/mol. The lowest BCUT2D eigenvalue weighted by Crippen LogP contribution is -2.38. The highest BCUT2D eigenvalue weighted by Gasteiger charge is 2.18. The van der Waals surface area contributed by atoms with E-state index in [0.29, 0.717) is 23.5 Å². The molecule has 7 nitrogen and oxygen atoms in total. The molecular weight excluding hydrogens is 234 g/mol. The first-order valence-electron chi connectivity index (χ1n) is 5.56. The molecule has 0 radical (unpaired) electrons. The van der Waals surface area contributed by atoms with Crippen molar-refractivity contribution in [2.24, 2.45) is 10.9 Å². The van der Waals surface area contributed by atoms with E-state index in [1.54, 1.807) is 19.9 Å². The number of likely N-dealkylation sites (N-methyl/N-ethyl adjacent to an activating group) is 1. The van der Waals surface area contributed by atoms with Gasteiger partial charge in [-0.05, 0) is 26.8 Å².